The smallest absolute Gasteiger partial charge is 0.245 e. The zero-order chi connectivity index (χ0) is 40.0. The standard InChI is InChI=1S/C55H40N4O/c1-53(2,3)35-29-30-56-51(31-35)59-47-24-11-6-17-39(47)40-28-27-38(33-50(40)59)60-37-16-14-15-36(32-37)57-34-58(49-26-13-12-25-48(49)57)55-44-21-8-5-19-42(44)52-41-18-4-7-20-43(41)54(52,55)45-22-9-10-23-46(45)55/h4-33,52H,1-3H3. The molecule has 10 aromatic rings. The Balaban J connectivity index is 0.955. The van der Waals surface area contributed by atoms with Crippen LogP contribution in [-0.4, -0.2) is 14.1 Å². The van der Waals surface area contributed by atoms with Crippen LogP contribution in [0.4, 0.5) is 0 Å². The van der Waals surface area contributed by atoms with Crippen molar-refractivity contribution >= 4 is 32.8 Å². The Morgan fingerprint density at radius 3 is 2.08 bits per heavy atom. The van der Waals surface area contributed by atoms with Gasteiger partial charge < -0.3 is 9.30 Å². The Morgan fingerprint density at radius 1 is 0.583 bits per heavy atom. The van der Waals surface area contributed by atoms with Crippen molar-refractivity contribution in [3.8, 4) is 23.0 Å². The fourth-order valence-electron chi connectivity index (χ4n) is 11.5. The molecule has 5 heteroatoms. The van der Waals surface area contributed by atoms with Gasteiger partial charge in [0, 0.05) is 40.1 Å². The van der Waals surface area contributed by atoms with E-state index >= 15 is 0 Å². The van der Waals surface area contributed by atoms with E-state index in [4.69, 9.17) is 9.72 Å². The van der Waals surface area contributed by atoms with E-state index in [1.54, 1.807) is 0 Å². The molecule has 13 rings (SSSR count). The lowest BCUT2D eigenvalue weighted by Crippen LogP contribution is -2.76. The van der Waals surface area contributed by atoms with Gasteiger partial charge in [-0.3, -0.25) is 9.13 Å². The molecule has 3 aliphatic carbocycles. The molecule has 0 N–H and O–H groups in total. The number of nitrogens with zero attached hydrogens (tertiary/aromatic N) is 4. The summed E-state index contributed by atoms with van der Waals surface area (Å²) in [4.78, 5) is 4.89. The first-order valence-electron chi connectivity index (χ1n) is 20.9. The Morgan fingerprint density at radius 2 is 1.25 bits per heavy atom. The first kappa shape index (κ1) is 33.7. The van der Waals surface area contributed by atoms with E-state index in [2.05, 4.69) is 211 Å². The van der Waals surface area contributed by atoms with E-state index in [1.807, 2.05) is 12.3 Å². The largest absolute Gasteiger partial charge is 0.458 e. The van der Waals surface area contributed by atoms with Crippen LogP contribution in [0.25, 0.3) is 44.3 Å². The minimum atomic E-state index is -0.465. The van der Waals surface area contributed by atoms with Crippen LogP contribution in [0.2, 0.25) is 0 Å². The van der Waals surface area contributed by atoms with Crippen LogP contribution in [0.15, 0.2) is 182 Å². The monoisotopic (exact) mass is 772 g/mol. The number of ether oxygens (including phenoxy) is 1. The van der Waals surface area contributed by atoms with E-state index in [0.29, 0.717) is 0 Å². The van der Waals surface area contributed by atoms with Crippen LogP contribution in [0, 0.1) is 6.33 Å². The van der Waals surface area contributed by atoms with Gasteiger partial charge in [-0.25, -0.2) is 4.98 Å². The topological polar surface area (TPSA) is 35.9 Å². The minimum Gasteiger partial charge on any atom is -0.458 e. The van der Waals surface area contributed by atoms with Crippen LogP contribution in [0.5, 0.6) is 11.5 Å². The van der Waals surface area contributed by atoms with E-state index in [-0.39, 0.29) is 16.7 Å². The maximum absolute atomic E-state index is 6.78. The molecule has 7 aromatic carbocycles. The fraction of sp³-hybridized carbons (Fsp3) is 0.127. The third-order valence-corrected chi connectivity index (χ3v) is 13.8. The second kappa shape index (κ2) is 11.7. The maximum Gasteiger partial charge on any atom is 0.245 e. The van der Waals surface area contributed by atoms with Gasteiger partial charge in [0.25, 0.3) is 0 Å². The van der Waals surface area contributed by atoms with E-state index in [0.717, 1.165) is 50.5 Å². The van der Waals surface area contributed by atoms with Crippen molar-refractivity contribution in [3.05, 3.63) is 227 Å². The first-order chi connectivity index (χ1) is 29.4. The first-order valence-corrected chi connectivity index (χ1v) is 20.9. The van der Waals surface area contributed by atoms with Crippen molar-refractivity contribution in [3.63, 3.8) is 0 Å². The summed E-state index contributed by atoms with van der Waals surface area (Å²) in [5.74, 6) is 2.68. The van der Waals surface area contributed by atoms with Gasteiger partial charge in [-0.2, -0.15) is 0 Å². The lowest BCUT2D eigenvalue weighted by Gasteiger charge is -2.63. The molecular formula is C55H40N4O. The molecule has 3 aliphatic rings. The van der Waals surface area contributed by atoms with Gasteiger partial charge in [0.1, 0.15) is 17.3 Å². The number of hydrogen-bond donors (Lipinski definition) is 0. The third kappa shape index (κ3) is 4.07. The molecule has 3 atom stereocenters. The Bertz CT molecular complexity index is 3430. The van der Waals surface area contributed by atoms with Crippen LogP contribution in [-0.2, 0) is 16.4 Å². The lowest BCUT2D eigenvalue weighted by molar-refractivity contribution is -0.738. The van der Waals surface area contributed by atoms with Gasteiger partial charge in [-0.15, -0.1) is 0 Å². The number of hydrogen-bond acceptors (Lipinski definition) is 2. The summed E-state index contributed by atoms with van der Waals surface area (Å²) in [7, 11) is 0. The molecule has 0 fully saturated rings. The molecule has 5 nitrogen and oxygen atoms in total. The summed E-state index contributed by atoms with van der Waals surface area (Å²) in [5.41, 5.74) is 14.3. The zero-order valence-corrected chi connectivity index (χ0v) is 33.6. The van der Waals surface area contributed by atoms with Crippen molar-refractivity contribution < 1.29 is 9.30 Å². The molecule has 60 heavy (non-hydrogen) atoms. The zero-order valence-electron chi connectivity index (χ0n) is 33.6. The van der Waals surface area contributed by atoms with E-state index < -0.39 is 5.54 Å². The number of aromatic nitrogens is 4. The van der Waals surface area contributed by atoms with Gasteiger partial charge >= 0.3 is 0 Å². The van der Waals surface area contributed by atoms with Crippen LogP contribution < -0.4 is 9.30 Å². The second-order valence-corrected chi connectivity index (χ2v) is 17.7. The number of pyridine rings is 1. The number of rotatable bonds is 5. The Hall–Kier alpha value is -7.24. The summed E-state index contributed by atoms with van der Waals surface area (Å²) in [5, 5.41) is 2.34. The minimum absolute atomic E-state index is 0.00637. The number of benzene rings is 7. The van der Waals surface area contributed by atoms with Gasteiger partial charge in [0.05, 0.1) is 33.2 Å². The van der Waals surface area contributed by atoms with Gasteiger partial charge in [0.2, 0.25) is 6.33 Å². The molecule has 3 aromatic heterocycles. The molecule has 0 aliphatic heterocycles. The molecular weight excluding hydrogens is 733 g/mol. The van der Waals surface area contributed by atoms with Crippen molar-refractivity contribution in [1.82, 2.24) is 14.1 Å². The Kier molecular flexibility index (Phi) is 6.57. The highest BCUT2D eigenvalue weighted by atomic mass is 16.5. The predicted molar refractivity (Wildman–Crippen MR) is 238 cm³/mol. The summed E-state index contributed by atoms with van der Waals surface area (Å²) >= 11 is 0. The average molecular weight is 773 g/mol. The molecule has 0 saturated heterocycles. The van der Waals surface area contributed by atoms with Crippen molar-refractivity contribution in [2.45, 2.75) is 43.1 Å². The SMILES string of the molecule is CC(C)(C)c1ccnc(-n2c3ccccc3c3ccc(Oc4cccc(-n5[c-][n+](C67c8ccccc8C8c9ccccc9C86c6ccccc67)c6ccccc65)c4)cc32)c1. The third-order valence-electron chi connectivity index (χ3n) is 13.8. The van der Waals surface area contributed by atoms with E-state index in [1.165, 1.54) is 44.3 Å². The average Bonchev–Trinajstić information content (AvgIpc) is 3.87. The molecule has 3 heterocycles. The highest BCUT2D eigenvalue weighted by molar-refractivity contribution is 6.09. The molecule has 1 spiro atoms. The van der Waals surface area contributed by atoms with Gasteiger partial charge in [-0.05, 0) is 75.7 Å². The summed E-state index contributed by atoms with van der Waals surface area (Å²) in [6.07, 6.45) is 5.92. The molecule has 0 amide bonds. The Labute approximate surface area is 348 Å². The normalized spacial score (nSPS) is 19.6. The summed E-state index contributed by atoms with van der Waals surface area (Å²) in [6.45, 7) is 6.72. The van der Waals surface area contributed by atoms with Crippen molar-refractivity contribution in [2.24, 2.45) is 0 Å². The predicted octanol–water partition coefficient (Wildman–Crippen LogP) is 11.9. The van der Waals surface area contributed by atoms with Crippen LogP contribution >= 0.6 is 0 Å². The molecule has 0 radical (unpaired) electrons. The molecule has 0 bridgehead atoms. The molecule has 0 saturated carbocycles. The van der Waals surface area contributed by atoms with Crippen LogP contribution in [0.3, 0.4) is 0 Å². The van der Waals surface area contributed by atoms with E-state index in [9.17, 15) is 0 Å². The summed E-state index contributed by atoms with van der Waals surface area (Å²) in [6, 6.07) is 63.8. The number of fused-ring (bicyclic) bond motifs is 11. The highest BCUT2D eigenvalue weighted by Gasteiger charge is 2.80. The number of imidazole rings is 1. The van der Waals surface area contributed by atoms with Gasteiger partial charge in [-0.1, -0.05) is 148 Å². The second-order valence-electron chi connectivity index (χ2n) is 17.7. The highest BCUT2D eigenvalue weighted by Crippen LogP contribution is 2.78. The maximum atomic E-state index is 6.78. The van der Waals surface area contributed by atoms with Crippen molar-refractivity contribution in [1.29, 1.82) is 0 Å². The lowest BCUT2D eigenvalue weighted by atomic mass is 9.39. The quantitative estimate of drug-likeness (QED) is 0.129. The number of para-hydroxylation sites is 3. The van der Waals surface area contributed by atoms with Crippen molar-refractivity contribution in [2.75, 3.05) is 0 Å². The van der Waals surface area contributed by atoms with Crippen LogP contribution in [0.1, 0.15) is 65.6 Å². The fourth-order valence-corrected chi connectivity index (χ4v) is 11.5. The summed E-state index contributed by atoms with van der Waals surface area (Å²) < 4.78 is 13.7. The van der Waals surface area contributed by atoms with Gasteiger partial charge in [0.15, 0.2) is 5.54 Å². The molecule has 3 unspecified atom stereocenters. The molecule has 286 valence electrons.